The number of nitrogens with one attached hydrogen (secondary N) is 2. The molecule has 126 valence electrons. The van der Waals surface area contributed by atoms with E-state index in [9.17, 15) is 0 Å². The number of ether oxygens (including phenoxy) is 1. The quantitative estimate of drug-likeness (QED) is 0.329. The minimum atomic E-state index is 0.482. The molecular weight excluding hydrogens is 262 g/mol. The van der Waals surface area contributed by atoms with Crippen molar-refractivity contribution in [3.63, 3.8) is 0 Å². The fraction of sp³-hybridized carbons (Fsp3) is 0.941. The lowest BCUT2D eigenvalue weighted by atomic mass is 10.0. The molecule has 0 aliphatic heterocycles. The minimum Gasteiger partial charge on any atom is -0.385 e. The Kier molecular flexibility index (Phi) is 13.7. The van der Waals surface area contributed by atoms with Crippen molar-refractivity contribution in [1.29, 1.82) is 0 Å². The van der Waals surface area contributed by atoms with Gasteiger partial charge in [-0.3, -0.25) is 4.99 Å². The Hall–Kier alpha value is -0.770. The first-order chi connectivity index (χ1) is 10.1. The molecule has 0 bridgehead atoms. The van der Waals surface area contributed by atoms with E-state index in [1.165, 1.54) is 25.7 Å². The van der Waals surface area contributed by atoms with E-state index < -0.39 is 0 Å². The molecule has 0 heterocycles. The van der Waals surface area contributed by atoms with Crippen molar-refractivity contribution in [2.24, 2.45) is 10.9 Å². The van der Waals surface area contributed by atoms with Crippen LogP contribution in [0.4, 0.5) is 0 Å². The van der Waals surface area contributed by atoms with Crippen LogP contribution in [0, 0.1) is 5.92 Å². The topological polar surface area (TPSA) is 45.7 Å². The van der Waals surface area contributed by atoms with Crippen LogP contribution in [-0.2, 0) is 4.74 Å². The van der Waals surface area contributed by atoms with Gasteiger partial charge in [0.2, 0.25) is 0 Å². The van der Waals surface area contributed by atoms with Crippen LogP contribution in [-0.4, -0.2) is 38.8 Å². The van der Waals surface area contributed by atoms with Crippen LogP contribution in [0.3, 0.4) is 0 Å². The van der Waals surface area contributed by atoms with E-state index in [1.54, 1.807) is 7.11 Å². The van der Waals surface area contributed by atoms with Gasteiger partial charge in [-0.05, 0) is 45.4 Å². The van der Waals surface area contributed by atoms with Crippen molar-refractivity contribution in [2.45, 2.75) is 72.3 Å². The van der Waals surface area contributed by atoms with Crippen LogP contribution in [0.25, 0.3) is 0 Å². The third-order valence-corrected chi connectivity index (χ3v) is 3.42. The Labute approximate surface area is 132 Å². The number of unbranched alkanes of at least 4 members (excludes halogenated alkanes) is 2. The van der Waals surface area contributed by atoms with E-state index in [-0.39, 0.29) is 0 Å². The molecule has 0 aromatic heterocycles. The van der Waals surface area contributed by atoms with Crippen molar-refractivity contribution < 1.29 is 4.74 Å². The monoisotopic (exact) mass is 299 g/mol. The summed E-state index contributed by atoms with van der Waals surface area (Å²) in [5, 5.41) is 6.84. The Morgan fingerprint density at radius 1 is 1.05 bits per heavy atom. The van der Waals surface area contributed by atoms with E-state index in [0.29, 0.717) is 6.04 Å². The van der Waals surface area contributed by atoms with Crippen LogP contribution in [0.1, 0.15) is 66.2 Å². The zero-order chi connectivity index (χ0) is 15.9. The molecule has 0 rings (SSSR count). The lowest BCUT2D eigenvalue weighted by molar-refractivity contribution is 0.192. The lowest BCUT2D eigenvalue weighted by Crippen LogP contribution is -2.42. The lowest BCUT2D eigenvalue weighted by Gasteiger charge is -2.18. The summed E-state index contributed by atoms with van der Waals surface area (Å²) < 4.78 is 5.05. The molecule has 0 spiro atoms. The van der Waals surface area contributed by atoms with Crippen LogP contribution >= 0.6 is 0 Å². The molecule has 0 saturated carbocycles. The van der Waals surface area contributed by atoms with Crippen molar-refractivity contribution in [3.05, 3.63) is 0 Å². The molecule has 0 radical (unpaired) electrons. The molecule has 4 heteroatoms. The molecule has 0 amide bonds. The first kappa shape index (κ1) is 20.2. The summed E-state index contributed by atoms with van der Waals surface area (Å²) in [4.78, 5) is 4.65. The summed E-state index contributed by atoms with van der Waals surface area (Å²) in [7, 11) is 1.76. The summed E-state index contributed by atoms with van der Waals surface area (Å²) in [5.41, 5.74) is 0. The number of nitrogens with zero attached hydrogens (tertiary/aromatic N) is 1. The first-order valence-electron chi connectivity index (χ1n) is 8.63. The van der Waals surface area contributed by atoms with Crippen molar-refractivity contribution in [2.75, 3.05) is 26.8 Å². The molecule has 2 N–H and O–H groups in total. The van der Waals surface area contributed by atoms with E-state index in [2.05, 4.69) is 43.3 Å². The minimum absolute atomic E-state index is 0.482. The van der Waals surface area contributed by atoms with Gasteiger partial charge in [-0.2, -0.15) is 0 Å². The Bertz CT molecular complexity index is 254. The number of aliphatic imine (C=N–C) groups is 1. The molecule has 0 saturated heterocycles. The van der Waals surface area contributed by atoms with Gasteiger partial charge in [0.05, 0.1) is 0 Å². The van der Waals surface area contributed by atoms with Crippen molar-refractivity contribution in [1.82, 2.24) is 10.6 Å². The third kappa shape index (κ3) is 13.9. The molecule has 0 fully saturated rings. The van der Waals surface area contributed by atoms with Gasteiger partial charge in [-0.1, -0.05) is 26.7 Å². The first-order valence-corrected chi connectivity index (χ1v) is 8.63. The highest BCUT2D eigenvalue weighted by Crippen LogP contribution is 2.08. The zero-order valence-electron chi connectivity index (χ0n) is 14.9. The fourth-order valence-corrected chi connectivity index (χ4v) is 2.18. The summed E-state index contributed by atoms with van der Waals surface area (Å²) in [5.74, 6) is 1.76. The van der Waals surface area contributed by atoms with Crippen LogP contribution in [0.5, 0.6) is 0 Å². The van der Waals surface area contributed by atoms with E-state index >= 15 is 0 Å². The van der Waals surface area contributed by atoms with Crippen LogP contribution in [0.2, 0.25) is 0 Å². The highest BCUT2D eigenvalue weighted by molar-refractivity contribution is 5.79. The van der Waals surface area contributed by atoms with Gasteiger partial charge in [-0.25, -0.2) is 0 Å². The highest BCUT2D eigenvalue weighted by atomic mass is 16.5. The average molecular weight is 300 g/mol. The largest absolute Gasteiger partial charge is 0.385 e. The molecule has 0 aromatic carbocycles. The maximum atomic E-state index is 5.05. The highest BCUT2D eigenvalue weighted by Gasteiger charge is 2.05. The number of hydrogen-bond acceptors (Lipinski definition) is 2. The van der Waals surface area contributed by atoms with E-state index in [0.717, 1.165) is 44.4 Å². The normalized spacial score (nSPS) is 13.5. The van der Waals surface area contributed by atoms with Gasteiger partial charge in [-0.15, -0.1) is 0 Å². The standard InChI is InChI=1S/C17H37N3O/c1-6-18-17(19-13-8-7-9-14-21-5)20-16(4)12-10-11-15(2)3/h15-16H,6-14H2,1-5H3,(H2,18,19,20). The predicted molar refractivity (Wildman–Crippen MR) is 93.0 cm³/mol. The Morgan fingerprint density at radius 3 is 2.43 bits per heavy atom. The molecule has 0 aliphatic rings. The summed E-state index contributed by atoms with van der Waals surface area (Å²) in [6.07, 6.45) is 7.22. The van der Waals surface area contributed by atoms with Gasteiger partial charge in [0.25, 0.3) is 0 Å². The number of methoxy groups -OCH3 is 1. The number of rotatable bonds is 12. The van der Waals surface area contributed by atoms with Gasteiger partial charge in [0, 0.05) is 32.8 Å². The molecular formula is C17H37N3O. The van der Waals surface area contributed by atoms with Crippen LogP contribution in [0.15, 0.2) is 4.99 Å². The van der Waals surface area contributed by atoms with Gasteiger partial charge in [0.1, 0.15) is 0 Å². The van der Waals surface area contributed by atoms with E-state index in [1.807, 2.05) is 0 Å². The second-order valence-electron chi connectivity index (χ2n) is 6.18. The molecule has 4 nitrogen and oxygen atoms in total. The maximum Gasteiger partial charge on any atom is 0.191 e. The van der Waals surface area contributed by atoms with Crippen LogP contribution < -0.4 is 10.6 Å². The molecule has 1 unspecified atom stereocenters. The summed E-state index contributed by atoms with van der Waals surface area (Å²) in [6, 6.07) is 0.482. The van der Waals surface area contributed by atoms with E-state index in [4.69, 9.17) is 4.74 Å². The SMILES string of the molecule is CCNC(=NCCCCCOC)NC(C)CCCC(C)C. The van der Waals surface area contributed by atoms with Gasteiger partial charge >= 0.3 is 0 Å². The van der Waals surface area contributed by atoms with Crippen molar-refractivity contribution in [3.8, 4) is 0 Å². The van der Waals surface area contributed by atoms with Gasteiger partial charge in [0.15, 0.2) is 5.96 Å². The molecule has 21 heavy (non-hydrogen) atoms. The average Bonchev–Trinajstić information content (AvgIpc) is 2.42. The predicted octanol–water partition coefficient (Wildman–Crippen LogP) is 3.57. The van der Waals surface area contributed by atoms with Gasteiger partial charge < -0.3 is 15.4 Å². The Morgan fingerprint density at radius 2 is 1.81 bits per heavy atom. The smallest absolute Gasteiger partial charge is 0.191 e. The second-order valence-corrected chi connectivity index (χ2v) is 6.18. The molecule has 0 aromatic rings. The second kappa shape index (κ2) is 14.2. The summed E-state index contributed by atoms with van der Waals surface area (Å²) in [6.45, 7) is 11.6. The molecule has 0 aliphatic carbocycles. The fourth-order valence-electron chi connectivity index (χ4n) is 2.18. The van der Waals surface area contributed by atoms with Crippen molar-refractivity contribution >= 4 is 5.96 Å². The zero-order valence-corrected chi connectivity index (χ0v) is 14.9. The summed E-state index contributed by atoms with van der Waals surface area (Å²) >= 11 is 0. The number of guanidine groups is 1. The third-order valence-electron chi connectivity index (χ3n) is 3.42. The maximum absolute atomic E-state index is 5.05. The number of hydrogen-bond donors (Lipinski definition) is 2. The Balaban J connectivity index is 3.92. The molecule has 1 atom stereocenters.